The van der Waals surface area contributed by atoms with Crippen LogP contribution in [-0.2, 0) is 9.53 Å². The molecule has 1 fully saturated rings. The van der Waals surface area contributed by atoms with Crippen molar-refractivity contribution in [3.63, 3.8) is 0 Å². The molecule has 0 saturated heterocycles. The molecule has 0 bridgehead atoms. The van der Waals surface area contributed by atoms with Crippen LogP contribution in [0.4, 0.5) is 0 Å². The van der Waals surface area contributed by atoms with E-state index in [1.165, 1.54) is 19.6 Å². The molecule has 3 atom stereocenters. The van der Waals surface area contributed by atoms with Gasteiger partial charge in [-0.1, -0.05) is 31.4 Å². The number of hydrogen-bond acceptors (Lipinski definition) is 4. The molecule has 0 aliphatic heterocycles. The SMILES string of the molecule is COc1ccc(Cl)cc1C(=O)O[C@H](C)C(=O)N[C@H]1CCCC[C@H]1C. The number of carbonyl (C=O) groups is 2. The average Bonchev–Trinajstić information content (AvgIpc) is 2.56. The Kier molecular flexibility index (Phi) is 6.49. The van der Waals surface area contributed by atoms with E-state index in [4.69, 9.17) is 21.1 Å². The Balaban J connectivity index is 1.98. The number of rotatable bonds is 5. The van der Waals surface area contributed by atoms with Crippen LogP contribution in [0.15, 0.2) is 18.2 Å². The summed E-state index contributed by atoms with van der Waals surface area (Å²) >= 11 is 5.92. The molecular formula is C18H24ClNO4. The maximum atomic E-state index is 12.3. The van der Waals surface area contributed by atoms with Crippen LogP contribution in [-0.4, -0.2) is 31.1 Å². The standard InChI is InChI=1S/C18H24ClNO4/c1-11-6-4-5-7-15(11)20-17(21)12(2)24-18(22)14-10-13(19)8-9-16(14)23-3/h8-12,15H,4-7H2,1-3H3,(H,20,21)/t11-,12-,15+/m1/s1. The van der Waals surface area contributed by atoms with Crippen molar-refractivity contribution >= 4 is 23.5 Å². The number of carbonyl (C=O) groups excluding carboxylic acids is 2. The highest BCUT2D eigenvalue weighted by Gasteiger charge is 2.27. The monoisotopic (exact) mass is 353 g/mol. The molecule has 0 spiro atoms. The maximum absolute atomic E-state index is 12.3. The van der Waals surface area contributed by atoms with E-state index in [1.54, 1.807) is 19.1 Å². The Labute approximate surface area is 147 Å². The molecule has 1 aliphatic rings. The normalized spacial score (nSPS) is 21.7. The van der Waals surface area contributed by atoms with Crippen LogP contribution in [0.1, 0.15) is 49.9 Å². The minimum absolute atomic E-state index is 0.146. The molecule has 1 N–H and O–H groups in total. The highest BCUT2D eigenvalue weighted by molar-refractivity contribution is 6.31. The molecule has 132 valence electrons. The number of amides is 1. The van der Waals surface area contributed by atoms with E-state index in [-0.39, 0.29) is 17.5 Å². The third-order valence-corrected chi connectivity index (χ3v) is 4.71. The first-order chi connectivity index (χ1) is 11.4. The highest BCUT2D eigenvalue weighted by Crippen LogP contribution is 2.25. The molecule has 0 unspecified atom stereocenters. The van der Waals surface area contributed by atoms with Gasteiger partial charge in [0.25, 0.3) is 5.91 Å². The van der Waals surface area contributed by atoms with Gasteiger partial charge in [0.05, 0.1) is 7.11 Å². The van der Waals surface area contributed by atoms with E-state index in [2.05, 4.69) is 12.2 Å². The maximum Gasteiger partial charge on any atom is 0.342 e. The van der Waals surface area contributed by atoms with Gasteiger partial charge in [0.15, 0.2) is 6.10 Å². The minimum atomic E-state index is -0.879. The van der Waals surface area contributed by atoms with Crippen LogP contribution in [0, 0.1) is 5.92 Å². The highest BCUT2D eigenvalue weighted by atomic mass is 35.5. The van der Waals surface area contributed by atoms with Crippen LogP contribution in [0.5, 0.6) is 5.75 Å². The Hall–Kier alpha value is -1.75. The van der Waals surface area contributed by atoms with Crippen molar-refractivity contribution in [1.29, 1.82) is 0 Å². The Morgan fingerprint density at radius 3 is 2.67 bits per heavy atom. The molecule has 1 aliphatic carbocycles. The second kappa shape index (κ2) is 8.38. The lowest BCUT2D eigenvalue weighted by Crippen LogP contribution is -2.46. The van der Waals surface area contributed by atoms with Crippen molar-refractivity contribution in [2.75, 3.05) is 7.11 Å². The Bertz CT molecular complexity index is 605. The number of nitrogens with one attached hydrogen (secondary N) is 1. The van der Waals surface area contributed by atoms with Crippen molar-refractivity contribution in [3.8, 4) is 5.75 Å². The predicted molar refractivity (Wildman–Crippen MR) is 92.4 cm³/mol. The zero-order valence-electron chi connectivity index (χ0n) is 14.3. The molecule has 1 aromatic carbocycles. The summed E-state index contributed by atoms with van der Waals surface area (Å²) in [5.74, 6) is -0.103. The van der Waals surface area contributed by atoms with Gasteiger partial charge >= 0.3 is 5.97 Å². The van der Waals surface area contributed by atoms with Crippen molar-refractivity contribution in [1.82, 2.24) is 5.32 Å². The number of esters is 1. The summed E-state index contributed by atoms with van der Waals surface area (Å²) in [6.07, 6.45) is 3.51. The third kappa shape index (κ3) is 4.63. The van der Waals surface area contributed by atoms with Crippen LogP contribution in [0.25, 0.3) is 0 Å². The number of halogens is 1. The fourth-order valence-electron chi connectivity index (χ4n) is 2.95. The number of methoxy groups -OCH3 is 1. The molecule has 6 heteroatoms. The molecule has 0 radical (unpaired) electrons. The zero-order chi connectivity index (χ0) is 17.7. The average molecular weight is 354 g/mol. The first-order valence-corrected chi connectivity index (χ1v) is 8.65. The Morgan fingerprint density at radius 1 is 1.29 bits per heavy atom. The van der Waals surface area contributed by atoms with Gasteiger partial charge in [0, 0.05) is 11.1 Å². The smallest absolute Gasteiger partial charge is 0.342 e. The fraction of sp³-hybridized carbons (Fsp3) is 0.556. The summed E-state index contributed by atoms with van der Waals surface area (Å²) in [7, 11) is 1.46. The van der Waals surface area contributed by atoms with Gasteiger partial charge in [0.1, 0.15) is 11.3 Å². The summed E-state index contributed by atoms with van der Waals surface area (Å²) < 4.78 is 10.4. The summed E-state index contributed by atoms with van der Waals surface area (Å²) in [5.41, 5.74) is 0.204. The van der Waals surface area contributed by atoms with Gasteiger partial charge < -0.3 is 14.8 Å². The molecule has 1 aromatic rings. The molecule has 1 amide bonds. The first kappa shape index (κ1) is 18.6. The largest absolute Gasteiger partial charge is 0.496 e. The zero-order valence-corrected chi connectivity index (χ0v) is 15.1. The van der Waals surface area contributed by atoms with Crippen LogP contribution in [0.3, 0.4) is 0 Å². The van der Waals surface area contributed by atoms with E-state index < -0.39 is 12.1 Å². The summed E-state index contributed by atoms with van der Waals surface area (Å²) in [6, 6.07) is 4.83. The molecule has 5 nitrogen and oxygen atoms in total. The first-order valence-electron chi connectivity index (χ1n) is 8.27. The second-order valence-electron chi connectivity index (χ2n) is 6.27. The molecule has 0 aromatic heterocycles. The fourth-order valence-corrected chi connectivity index (χ4v) is 3.12. The van der Waals surface area contributed by atoms with Crippen molar-refractivity contribution in [2.24, 2.45) is 5.92 Å². The van der Waals surface area contributed by atoms with Gasteiger partial charge in [0.2, 0.25) is 0 Å². The number of benzene rings is 1. The molecular weight excluding hydrogens is 330 g/mol. The van der Waals surface area contributed by atoms with Gasteiger partial charge in [-0.2, -0.15) is 0 Å². The van der Waals surface area contributed by atoms with Gasteiger partial charge in [-0.15, -0.1) is 0 Å². The lowest BCUT2D eigenvalue weighted by atomic mass is 9.86. The second-order valence-corrected chi connectivity index (χ2v) is 6.71. The van der Waals surface area contributed by atoms with Gasteiger partial charge in [-0.3, -0.25) is 4.79 Å². The summed E-state index contributed by atoms with van der Waals surface area (Å²) in [6.45, 7) is 3.70. The van der Waals surface area contributed by atoms with E-state index >= 15 is 0 Å². The summed E-state index contributed by atoms with van der Waals surface area (Å²) in [4.78, 5) is 24.6. The van der Waals surface area contributed by atoms with Crippen molar-refractivity contribution in [3.05, 3.63) is 28.8 Å². The Morgan fingerprint density at radius 2 is 2.00 bits per heavy atom. The number of hydrogen-bond donors (Lipinski definition) is 1. The molecule has 2 rings (SSSR count). The van der Waals surface area contributed by atoms with E-state index in [9.17, 15) is 9.59 Å². The topological polar surface area (TPSA) is 64.6 Å². The van der Waals surface area contributed by atoms with Gasteiger partial charge in [-0.25, -0.2) is 4.79 Å². The van der Waals surface area contributed by atoms with E-state index in [0.29, 0.717) is 16.7 Å². The molecule has 1 saturated carbocycles. The van der Waals surface area contributed by atoms with Crippen molar-refractivity contribution in [2.45, 2.75) is 51.7 Å². The van der Waals surface area contributed by atoms with E-state index in [1.807, 2.05) is 0 Å². The molecule has 24 heavy (non-hydrogen) atoms. The van der Waals surface area contributed by atoms with Crippen molar-refractivity contribution < 1.29 is 19.1 Å². The van der Waals surface area contributed by atoms with Crippen LogP contribution in [0.2, 0.25) is 5.02 Å². The number of ether oxygens (including phenoxy) is 2. The quantitative estimate of drug-likeness (QED) is 0.821. The minimum Gasteiger partial charge on any atom is -0.496 e. The van der Waals surface area contributed by atoms with Gasteiger partial charge in [-0.05, 0) is 43.9 Å². The third-order valence-electron chi connectivity index (χ3n) is 4.47. The lowest BCUT2D eigenvalue weighted by molar-refractivity contribution is -0.130. The van der Waals surface area contributed by atoms with Crippen LogP contribution < -0.4 is 10.1 Å². The predicted octanol–water partition coefficient (Wildman–Crippen LogP) is 3.59. The summed E-state index contributed by atoms with van der Waals surface area (Å²) in [5, 5.41) is 3.39. The van der Waals surface area contributed by atoms with E-state index in [0.717, 1.165) is 19.3 Å². The lowest BCUT2D eigenvalue weighted by Gasteiger charge is -2.30. The molecule has 0 heterocycles. The van der Waals surface area contributed by atoms with Crippen LogP contribution >= 0.6 is 11.6 Å².